The number of rotatable bonds is 7. The molecule has 0 atom stereocenters. The van der Waals surface area contributed by atoms with Crippen LogP contribution in [-0.4, -0.2) is 25.9 Å². The average Bonchev–Trinajstić information content (AvgIpc) is 2.43. The van der Waals surface area contributed by atoms with E-state index in [0.717, 1.165) is 16.7 Å². The zero-order valence-corrected chi connectivity index (χ0v) is 13.4. The van der Waals surface area contributed by atoms with Crippen LogP contribution in [0.1, 0.15) is 38.8 Å². The van der Waals surface area contributed by atoms with E-state index in [2.05, 4.69) is 11.9 Å². The van der Waals surface area contributed by atoms with Crippen molar-refractivity contribution in [1.29, 1.82) is 0 Å². The van der Waals surface area contributed by atoms with Crippen molar-refractivity contribution in [2.24, 2.45) is 0 Å². The summed E-state index contributed by atoms with van der Waals surface area (Å²) in [6.07, 6.45) is -0.444. The van der Waals surface area contributed by atoms with Crippen LogP contribution in [0.5, 0.6) is 0 Å². The number of ether oxygens (including phenoxy) is 2. The number of amides is 1. The van der Waals surface area contributed by atoms with Crippen LogP contribution in [-0.2, 0) is 15.0 Å². The molecular weight excluding hydrogens is 266 g/mol. The van der Waals surface area contributed by atoms with Gasteiger partial charge < -0.3 is 14.8 Å². The Hall–Kier alpha value is -1.81. The largest absolute Gasteiger partial charge is 0.447 e. The van der Waals surface area contributed by atoms with Gasteiger partial charge in [-0.3, -0.25) is 0 Å². The fourth-order valence-corrected chi connectivity index (χ4v) is 1.87. The maximum Gasteiger partial charge on any atom is 0.407 e. The second-order valence-corrected chi connectivity index (χ2v) is 5.44. The average molecular weight is 291 g/mol. The van der Waals surface area contributed by atoms with Crippen molar-refractivity contribution in [3.05, 3.63) is 42.0 Å². The monoisotopic (exact) mass is 291 g/mol. The van der Waals surface area contributed by atoms with Gasteiger partial charge in [0.25, 0.3) is 0 Å². The molecule has 0 spiro atoms. The maximum absolute atomic E-state index is 11.8. The molecule has 1 rings (SSSR count). The van der Waals surface area contributed by atoms with Crippen molar-refractivity contribution >= 4 is 11.7 Å². The predicted molar refractivity (Wildman–Crippen MR) is 85.2 cm³/mol. The minimum Gasteiger partial charge on any atom is -0.447 e. The van der Waals surface area contributed by atoms with Crippen molar-refractivity contribution < 1.29 is 14.3 Å². The van der Waals surface area contributed by atoms with Crippen LogP contribution in [0, 0.1) is 0 Å². The Balaban J connectivity index is 2.65. The molecule has 0 aliphatic heterocycles. The smallest absolute Gasteiger partial charge is 0.407 e. The first kappa shape index (κ1) is 17.2. The van der Waals surface area contributed by atoms with Crippen LogP contribution >= 0.6 is 0 Å². The van der Waals surface area contributed by atoms with Gasteiger partial charge in [-0.1, -0.05) is 30.4 Å². The molecule has 4 nitrogen and oxygen atoms in total. The van der Waals surface area contributed by atoms with Gasteiger partial charge in [-0.05, 0) is 44.9 Å². The molecular formula is C17H25NO3. The zero-order valence-electron chi connectivity index (χ0n) is 13.4. The third-order valence-corrected chi connectivity index (χ3v) is 3.16. The highest BCUT2D eigenvalue weighted by Gasteiger charge is 2.23. The summed E-state index contributed by atoms with van der Waals surface area (Å²) in [4.78, 5) is 11.8. The van der Waals surface area contributed by atoms with E-state index in [-0.39, 0.29) is 6.61 Å². The van der Waals surface area contributed by atoms with Gasteiger partial charge in [-0.15, -0.1) is 0 Å². The standard InChI is InChI=1S/C17H25NO3/c1-6-20-10-11-21-16(19)18-17(4,5)15-9-7-8-14(12-15)13(2)3/h7-9,12H,2,6,10-11H2,1,3-5H3,(H,18,19). The third-order valence-electron chi connectivity index (χ3n) is 3.16. The molecule has 4 heteroatoms. The molecule has 1 amide bonds. The van der Waals surface area contributed by atoms with Gasteiger partial charge in [-0.2, -0.15) is 0 Å². The van der Waals surface area contributed by atoms with Crippen molar-refractivity contribution in [3.8, 4) is 0 Å². The Morgan fingerprint density at radius 2 is 2.05 bits per heavy atom. The molecule has 1 N–H and O–H groups in total. The fourth-order valence-electron chi connectivity index (χ4n) is 1.87. The highest BCUT2D eigenvalue weighted by Crippen LogP contribution is 2.23. The summed E-state index contributed by atoms with van der Waals surface area (Å²) in [5, 5.41) is 2.87. The minimum absolute atomic E-state index is 0.252. The second kappa shape index (κ2) is 7.84. The molecule has 1 aromatic rings. The Morgan fingerprint density at radius 1 is 1.33 bits per heavy atom. The van der Waals surface area contributed by atoms with Gasteiger partial charge in [0, 0.05) is 6.61 Å². The molecule has 0 aliphatic carbocycles. The lowest BCUT2D eigenvalue weighted by Crippen LogP contribution is -2.41. The Kier molecular flexibility index (Phi) is 6.43. The van der Waals surface area contributed by atoms with Gasteiger partial charge in [-0.25, -0.2) is 4.79 Å². The predicted octanol–water partition coefficient (Wildman–Crippen LogP) is 3.72. The maximum atomic E-state index is 11.8. The second-order valence-electron chi connectivity index (χ2n) is 5.44. The van der Waals surface area contributed by atoms with E-state index in [4.69, 9.17) is 9.47 Å². The summed E-state index contributed by atoms with van der Waals surface area (Å²) in [5.41, 5.74) is 2.54. The molecule has 0 saturated carbocycles. The summed E-state index contributed by atoms with van der Waals surface area (Å²) in [5.74, 6) is 0. The molecule has 0 saturated heterocycles. The van der Waals surface area contributed by atoms with Crippen LogP contribution in [0.2, 0.25) is 0 Å². The highest BCUT2D eigenvalue weighted by atomic mass is 16.6. The Bertz CT molecular complexity index is 495. The number of nitrogens with one attached hydrogen (secondary N) is 1. The lowest BCUT2D eigenvalue weighted by Gasteiger charge is -2.27. The van der Waals surface area contributed by atoms with Crippen LogP contribution in [0.3, 0.4) is 0 Å². The molecule has 0 bridgehead atoms. The number of hydrogen-bond acceptors (Lipinski definition) is 3. The molecule has 1 aromatic carbocycles. The fraction of sp³-hybridized carbons (Fsp3) is 0.471. The highest BCUT2D eigenvalue weighted by molar-refractivity contribution is 5.69. The number of carbonyl (C=O) groups is 1. The van der Waals surface area contributed by atoms with Gasteiger partial charge in [0.15, 0.2) is 0 Å². The Labute approximate surface area is 127 Å². The molecule has 0 unspecified atom stereocenters. The number of carbonyl (C=O) groups excluding carboxylic acids is 1. The van der Waals surface area contributed by atoms with Crippen molar-refractivity contribution in [2.75, 3.05) is 19.8 Å². The van der Waals surface area contributed by atoms with Crippen molar-refractivity contribution in [2.45, 2.75) is 33.2 Å². The SMILES string of the molecule is C=C(C)c1cccc(C(C)(C)NC(=O)OCCOCC)c1. The van der Waals surface area contributed by atoms with E-state index in [0.29, 0.717) is 13.2 Å². The van der Waals surface area contributed by atoms with Gasteiger partial charge in [0.1, 0.15) is 6.61 Å². The van der Waals surface area contributed by atoms with Gasteiger partial charge >= 0.3 is 6.09 Å². The molecule has 0 fully saturated rings. The summed E-state index contributed by atoms with van der Waals surface area (Å²) in [6, 6.07) is 7.97. The van der Waals surface area contributed by atoms with E-state index >= 15 is 0 Å². The molecule has 0 radical (unpaired) electrons. The van der Waals surface area contributed by atoms with Crippen molar-refractivity contribution in [1.82, 2.24) is 5.32 Å². The number of benzene rings is 1. The normalized spacial score (nSPS) is 11.0. The van der Waals surface area contributed by atoms with Gasteiger partial charge in [0.05, 0.1) is 12.1 Å². The third kappa shape index (κ3) is 5.60. The lowest BCUT2D eigenvalue weighted by atomic mass is 9.92. The molecule has 116 valence electrons. The summed E-state index contributed by atoms with van der Waals surface area (Å²) >= 11 is 0. The lowest BCUT2D eigenvalue weighted by molar-refractivity contribution is 0.0750. The van der Waals surface area contributed by atoms with Crippen LogP contribution < -0.4 is 5.32 Å². The first-order chi connectivity index (χ1) is 9.86. The number of alkyl carbamates (subject to hydrolysis) is 1. The topological polar surface area (TPSA) is 47.6 Å². The molecule has 0 heterocycles. The molecule has 0 aliphatic rings. The summed E-state index contributed by atoms with van der Waals surface area (Å²) in [6.45, 7) is 13.0. The van der Waals surface area contributed by atoms with Gasteiger partial charge in [0.2, 0.25) is 0 Å². The zero-order chi connectivity index (χ0) is 15.9. The first-order valence-corrected chi connectivity index (χ1v) is 7.16. The first-order valence-electron chi connectivity index (χ1n) is 7.16. The Morgan fingerprint density at radius 3 is 2.67 bits per heavy atom. The van der Waals surface area contributed by atoms with E-state index in [1.54, 1.807) is 0 Å². The quantitative estimate of drug-likeness (QED) is 0.779. The van der Waals surface area contributed by atoms with Crippen LogP contribution in [0.4, 0.5) is 4.79 Å². The number of hydrogen-bond donors (Lipinski definition) is 1. The minimum atomic E-state index is -0.520. The summed E-state index contributed by atoms with van der Waals surface area (Å²) in [7, 11) is 0. The van der Waals surface area contributed by atoms with E-state index in [1.165, 1.54) is 0 Å². The van der Waals surface area contributed by atoms with Crippen molar-refractivity contribution in [3.63, 3.8) is 0 Å². The van der Waals surface area contributed by atoms with E-state index < -0.39 is 11.6 Å². The van der Waals surface area contributed by atoms with E-state index in [1.807, 2.05) is 52.0 Å². The van der Waals surface area contributed by atoms with E-state index in [9.17, 15) is 4.79 Å². The summed E-state index contributed by atoms with van der Waals surface area (Å²) < 4.78 is 10.2. The number of allylic oxidation sites excluding steroid dienone is 1. The van der Waals surface area contributed by atoms with Crippen LogP contribution in [0.15, 0.2) is 30.8 Å². The van der Waals surface area contributed by atoms with Crippen LogP contribution in [0.25, 0.3) is 5.57 Å². The molecule has 21 heavy (non-hydrogen) atoms. The molecule has 0 aromatic heterocycles.